The Morgan fingerprint density at radius 1 is 0.794 bits per heavy atom. The Kier molecular flexibility index (Phi) is 11.2. The summed E-state index contributed by atoms with van der Waals surface area (Å²) in [4.78, 5) is 4.00. The Morgan fingerprint density at radius 2 is 1.24 bits per heavy atom. The average Bonchev–Trinajstić information content (AvgIpc) is 2.81. The molecule has 188 valence electrons. The van der Waals surface area contributed by atoms with Crippen LogP contribution in [0, 0.1) is 5.41 Å². The van der Waals surface area contributed by atoms with E-state index in [9.17, 15) is 0 Å². The number of thiocarbonyl (C=S) groups is 2. The van der Waals surface area contributed by atoms with Crippen LogP contribution in [0.2, 0.25) is 0 Å². The molecule has 11 heteroatoms. The molecule has 34 heavy (non-hydrogen) atoms. The number of aliphatic imine (C=N–C) groups is 1. The second-order valence-corrected chi connectivity index (χ2v) is 10.1. The number of fused-ring (bicyclic) bond motifs is 15. The van der Waals surface area contributed by atoms with Gasteiger partial charge in [-0.15, -0.1) is 0 Å². The highest BCUT2D eigenvalue weighted by Gasteiger charge is 2.31. The van der Waals surface area contributed by atoms with Gasteiger partial charge in [0.2, 0.25) is 0 Å². The van der Waals surface area contributed by atoms with Crippen molar-refractivity contribution in [2.45, 2.75) is 12.5 Å². The van der Waals surface area contributed by atoms with Gasteiger partial charge in [0.15, 0.2) is 5.11 Å². The van der Waals surface area contributed by atoms with E-state index in [1.54, 1.807) is 0 Å². The number of rotatable bonds is 3. The second-order valence-electron chi connectivity index (χ2n) is 9.48. The van der Waals surface area contributed by atoms with Crippen molar-refractivity contribution in [1.82, 2.24) is 37.2 Å². The van der Waals surface area contributed by atoms with Crippen LogP contribution in [0.15, 0.2) is 29.3 Å². The predicted octanol–water partition coefficient (Wildman–Crippen LogP) is 0.0172. The Balaban J connectivity index is 1.70. The lowest BCUT2D eigenvalue weighted by Gasteiger charge is -2.38. The number of nitrogens with one attached hydrogen (secondary N) is 8. The van der Waals surface area contributed by atoms with Crippen molar-refractivity contribution < 1.29 is 0 Å². The first kappa shape index (κ1) is 27.1. The van der Waals surface area contributed by atoms with Crippen LogP contribution in [-0.4, -0.2) is 94.3 Å². The minimum Gasteiger partial charge on any atom is -0.353 e. The highest BCUT2D eigenvalue weighted by molar-refractivity contribution is 7.80. The van der Waals surface area contributed by atoms with Crippen LogP contribution in [0.1, 0.15) is 6.92 Å². The summed E-state index contributed by atoms with van der Waals surface area (Å²) in [5, 5.41) is 31.7. The van der Waals surface area contributed by atoms with Gasteiger partial charge in [0, 0.05) is 89.6 Å². The van der Waals surface area contributed by atoms with Crippen LogP contribution >= 0.6 is 24.4 Å². The largest absolute Gasteiger partial charge is 0.353 e. The zero-order valence-electron chi connectivity index (χ0n) is 20.1. The van der Waals surface area contributed by atoms with E-state index in [1.165, 1.54) is 0 Å². The molecule has 3 heterocycles. The average molecular weight is 506 g/mol. The van der Waals surface area contributed by atoms with Gasteiger partial charge < -0.3 is 42.5 Å². The van der Waals surface area contributed by atoms with E-state index in [1.807, 2.05) is 24.3 Å². The molecule has 0 amide bonds. The lowest BCUT2D eigenvalue weighted by atomic mass is 9.90. The standard InChI is InChI=1S/C23H39N9S2/c1-22-12-24-6-9-27-15-23(16-28-10-7-25-13-22,17-29-11-8-26-14-22)32-21(34)31-20-4-2-19(3-5-20)30-18-33/h2-5,24-29H,6-17H2,1H3,(H2,31,32,34). The van der Waals surface area contributed by atoms with Gasteiger partial charge in [0.25, 0.3) is 0 Å². The normalized spacial score (nSPS) is 27.6. The van der Waals surface area contributed by atoms with Crippen molar-refractivity contribution in [3.63, 3.8) is 0 Å². The third-order valence-electron chi connectivity index (χ3n) is 6.16. The van der Waals surface area contributed by atoms with Gasteiger partial charge in [-0.3, -0.25) is 0 Å². The van der Waals surface area contributed by atoms with Crippen LogP contribution in [0.3, 0.4) is 0 Å². The summed E-state index contributed by atoms with van der Waals surface area (Å²) in [6.45, 7) is 13.0. The van der Waals surface area contributed by atoms with Gasteiger partial charge >= 0.3 is 0 Å². The molecule has 8 N–H and O–H groups in total. The molecule has 0 saturated carbocycles. The van der Waals surface area contributed by atoms with E-state index in [2.05, 4.69) is 71.8 Å². The number of isothiocyanates is 1. The maximum absolute atomic E-state index is 5.72. The number of benzene rings is 1. The lowest BCUT2D eigenvalue weighted by molar-refractivity contribution is 0.261. The topological polar surface area (TPSA) is 109 Å². The van der Waals surface area contributed by atoms with Crippen LogP contribution < -0.4 is 42.5 Å². The zero-order chi connectivity index (χ0) is 24.1. The molecule has 0 atom stereocenters. The van der Waals surface area contributed by atoms with Crippen molar-refractivity contribution in [2.24, 2.45) is 10.4 Å². The fourth-order valence-corrected chi connectivity index (χ4v) is 4.71. The van der Waals surface area contributed by atoms with Gasteiger partial charge in [0.1, 0.15) is 0 Å². The quantitative estimate of drug-likeness (QED) is 0.212. The fraction of sp³-hybridized carbons (Fsp3) is 0.652. The van der Waals surface area contributed by atoms with Crippen molar-refractivity contribution in [1.29, 1.82) is 0 Å². The van der Waals surface area contributed by atoms with Crippen LogP contribution in [0.4, 0.5) is 11.4 Å². The molecule has 4 rings (SSSR count). The van der Waals surface area contributed by atoms with E-state index >= 15 is 0 Å². The molecule has 0 radical (unpaired) electrons. The first-order chi connectivity index (χ1) is 16.5. The molecule has 3 saturated heterocycles. The minimum atomic E-state index is -0.297. The Hall–Kier alpha value is -1.53. The molecule has 0 unspecified atom stereocenters. The molecule has 3 aliphatic rings. The van der Waals surface area contributed by atoms with E-state index < -0.39 is 0 Å². The maximum Gasteiger partial charge on any atom is 0.171 e. The van der Waals surface area contributed by atoms with E-state index in [0.29, 0.717) is 5.11 Å². The third kappa shape index (κ3) is 9.26. The predicted molar refractivity (Wildman–Crippen MR) is 149 cm³/mol. The zero-order valence-corrected chi connectivity index (χ0v) is 21.7. The maximum atomic E-state index is 5.72. The summed E-state index contributed by atoms with van der Waals surface area (Å²) in [5.41, 5.74) is 1.54. The Bertz CT molecular complexity index is 768. The van der Waals surface area contributed by atoms with Crippen LogP contribution in [-0.2, 0) is 0 Å². The minimum absolute atomic E-state index is 0.172. The number of hydrogen-bond donors (Lipinski definition) is 8. The van der Waals surface area contributed by atoms with Gasteiger partial charge in [-0.1, -0.05) is 6.92 Å². The highest BCUT2D eigenvalue weighted by atomic mass is 32.1. The fourth-order valence-electron chi connectivity index (χ4n) is 4.27. The molecule has 2 bridgehead atoms. The molecule has 3 aliphatic heterocycles. The first-order valence-electron chi connectivity index (χ1n) is 12.0. The Labute approximate surface area is 214 Å². The molecular weight excluding hydrogens is 466 g/mol. The Morgan fingerprint density at radius 3 is 1.68 bits per heavy atom. The summed E-state index contributed by atoms with van der Waals surface area (Å²) in [6, 6.07) is 7.63. The number of nitrogens with zero attached hydrogens (tertiary/aromatic N) is 1. The molecular formula is C23H39N9S2. The molecule has 1 aromatic rings. The summed E-state index contributed by atoms with van der Waals surface area (Å²) in [7, 11) is 0. The molecule has 0 aromatic heterocycles. The van der Waals surface area contributed by atoms with Crippen LogP contribution in [0.25, 0.3) is 0 Å². The van der Waals surface area contributed by atoms with Crippen molar-refractivity contribution in [2.75, 3.05) is 83.9 Å². The van der Waals surface area contributed by atoms with Gasteiger partial charge in [-0.2, -0.15) is 4.99 Å². The van der Waals surface area contributed by atoms with Gasteiger partial charge in [-0.05, 0) is 48.7 Å². The summed E-state index contributed by atoms with van der Waals surface area (Å²) < 4.78 is 0. The summed E-state index contributed by atoms with van der Waals surface area (Å²) in [5.74, 6) is 0. The number of hydrogen-bond acceptors (Lipinski definition) is 9. The van der Waals surface area contributed by atoms with Crippen molar-refractivity contribution in [3.8, 4) is 0 Å². The van der Waals surface area contributed by atoms with E-state index in [0.717, 1.165) is 89.9 Å². The summed E-state index contributed by atoms with van der Waals surface area (Å²) in [6.07, 6.45) is 0. The highest BCUT2D eigenvalue weighted by Crippen LogP contribution is 2.16. The van der Waals surface area contributed by atoms with Gasteiger partial charge in [0.05, 0.1) is 16.4 Å². The second kappa shape index (κ2) is 14.1. The van der Waals surface area contributed by atoms with E-state index in [-0.39, 0.29) is 11.0 Å². The third-order valence-corrected chi connectivity index (χ3v) is 6.46. The van der Waals surface area contributed by atoms with Gasteiger partial charge in [-0.25, -0.2) is 0 Å². The SMILES string of the molecule is CC12CNCCNCC(NC(=S)Nc3ccc(N=C=S)cc3)(CNCCNC1)CNCCNC2. The molecule has 9 nitrogen and oxygen atoms in total. The molecule has 0 spiro atoms. The van der Waals surface area contributed by atoms with E-state index in [4.69, 9.17) is 12.2 Å². The molecule has 3 fully saturated rings. The molecule has 1 aromatic carbocycles. The monoisotopic (exact) mass is 505 g/mol. The summed E-state index contributed by atoms with van der Waals surface area (Å²) >= 11 is 10.4. The number of anilines is 1. The molecule has 0 aliphatic carbocycles. The van der Waals surface area contributed by atoms with Crippen molar-refractivity contribution in [3.05, 3.63) is 24.3 Å². The van der Waals surface area contributed by atoms with Crippen molar-refractivity contribution >= 4 is 46.1 Å². The van der Waals surface area contributed by atoms with Crippen LogP contribution in [0.5, 0.6) is 0 Å². The lowest BCUT2D eigenvalue weighted by Crippen LogP contribution is -2.66. The first-order valence-corrected chi connectivity index (χ1v) is 12.9. The smallest absolute Gasteiger partial charge is 0.171 e.